The van der Waals surface area contributed by atoms with Crippen molar-refractivity contribution in [1.29, 1.82) is 0 Å². The monoisotopic (exact) mass is 524 g/mol. The summed E-state index contributed by atoms with van der Waals surface area (Å²) in [6.45, 7) is 0. The molecule has 0 aromatic heterocycles. The van der Waals surface area contributed by atoms with Crippen molar-refractivity contribution in [2.24, 2.45) is 0 Å². The molecule has 0 aliphatic rings. The Bertz CT molecular complexity index is 1800. The van der Waals surface area contributed by atoms with E-state index in [0.29, 0.717) is 0 Å². The Morgan fingerprint density at radius 2 is 1.11 bits per heavy atom. The van der Waals surface area contributed by atoms with Crippen molar-refractivity contribution in [1.82, 2.24) is 0 Å². The summed E-state index contributed by atoms with van der Waals surface area (Å²) in [4.78, 5) is 0. The molecule has 0 saturated carbocycles. The molecule has 0 atom stereocenters. The average Bonchev–Trinajstić information content (AvgIpc) is 2.94. The van der Waals surface area contributed by atoms with E-state index in [2.05, 4.69) is 145 Å². The van der Waals surface area contributed by atoms with Crippen LogP contribution in [0.15, 0.2) is 133 Å². The molecule has 0 aliphatic heterocycles. The van der Waals surface area contributed by atoms with E-state index in [9.17, 15) is 0 Å². The molecule has 0 saturated heterocycles. The van der Waals surface area contributed by atoms with Crippen molar-refractivity contribution in [3.05, 3.63) is 150 Å². The van der Waals surface area contributed by atoms with E-state index < -0.39 is 0 Å². The summed E-state index contributed by atoms with van der Waals surface area (Å²) in [6.07, 6.45) is 2.14. The summed E-state index contributed by atoms with van der Waals surface area (Å²) in [7, 11) is 0. The van der Waals surface area contributed by atoms with Crippen LogP contribution >= 0.6 is 0 Å². The van der Waals surface area contributed by atoms with Crippen molar-refractivity contribution in [3.8, 4) is 11.8 Å². The molecular formula is C35H24Se. The van der Waals surface area contributed by atoms with Crippen molar-refractivity contribution in [3.63, 3.8) is 0 Å². The molecule has 0 heterocycles. The fraction of sp³-hybridized carbons (Fsp3) is 0.0286. The third-order valence-electron chi connectivity index (χ3n) is 6.41. The fourth-order valence-corrected chi connectivity index (χ4v) is 6.46. The summed E-state index contributed by atoms with van der Waals surface area (Å²) >= 11 is 0.253. The van der Waals surface area contributed by atoms with Gasteiger partial charge in [-0.2, -0.15) is 0 Å². The van der Waals surface area contributed by atoms with Crippen LogP contribution < -0.4 is 0 Å². The zero-order chi connectivity index (χ0) is 24.2. The van der Waals surface area contributed by atoms with Crippen molar-refractivity contribution < 1.29 is 0 Å². The van der Waals surface area contributed by atoms with Crippen LogP contribution in [0, 0.1) is 11.8 Å². The molecule has 0 radical (unpaired) electrons. The summed E-state index contributed by atoms with van der Waals surface area (Å²) < 4.78 is 1.33. The molecule has 6 aromatic carbocycles. The van der Waals surface area contributed by atoms with E-state index in [1.54, 1.807) is 0 Å². The van der Waals surface area contributed by atoms with E-state index in [0.717, 1.165) is 10.9 Å². The standard InChI is InChI=1S/C35H24Se/c1-4-12-31-22-26(16-18-28(31)9-1)8-7-15-35(34-21-20-30-11-3-6-14-33(30)24-34)36-25-27-17-19-29-10-2-5-13-32(29)23-27/h1-6,9-24H,25H2/b35-15-. The van der Waals surface area contributed by atoms with Gasteiger partial charge in [-0.05, 0) is 0 Å². The Labute approximate surface area is 218 Å². The molecule has 0 bridgehead atoms. The molecule has 36 heavy (non-hydrogen) atoms. The number of allylic oxidation sites excluding steroid dienone is 1. The second-order valence-corrected chi connectivity index (χ2v) is 11.0. The van der Waals surface area contributed by atoms with E-state index in [-0.39, 0.29) is 15.0 Å². The van der Waals surface area contributed by atoms with Gasteiger partial charge in [0, 0.05) is 0 Å². The van der Waals surface area contributed by atoms with Gasteiger partial charge in [0.2, 0.25) is 0 Å². The third kappa shape index (κ3) is 4.98. The molecule has 0 nitrogen and oxygen atoms in total. The quantitative estimate of drug-likeness (QED) is 0.161. The van der Waals surface area contributed by atoms with Crippen LogP contribution in [0.5, 0.6) is 0 Å². The predicted molar refractivity (Wildman–Crippen MR) is 156 cm³/mol. The Morgan fingerprint density at radius 3 is 1.81 bits per heavy atom. The van der Waals surface area contributed by atoms with Gasteiger partial charge in [0.25, 0.3) is 0 Å². The van der Waals surface area contributed by atoms with Crippen LogP contribution in [0.25, 0.3) is 36.8 Å². The molecule has 0 fully saturated rings. The molecule has 170 valence electrons. The van der Waals surface area contributed by atoms with Gasteiger partial charge in [-0.25, -0.2) is 0 Å². The number of fused-ring (bicyclic) bond motifs is 3. The first kappa shape index (κ1) is 22.4. The van der Waals surface area contributed by atoms with Crippen LogP contribution in [0.2, 0.25) is 0 Å². The molecule has 0 unspecified atom stereocenters. The van der Waals surface area contributed by atoms with Gasteiger partial charge >= 0.3 is 219 Å². The first-order valence-electron chi connectivity index (χ1n) is 12.1. The Morgan fingerprint density at radius 1 is 0.556 bits per heavy atom. The summed E-state index contributed by atoms with van der Waals surface area (Å²) in [6, 6.07) is 45.6. The zero-order valence-corrected chi connectivity index (χ0v) is 21.5. The van der Waals surface area contributed by atoms with Crippen LogP contribution in [-0.2, 0) is 5.32 Å². The first-order chi connectivity index (χ1) is 17.8. The number of rotatable bonds is 4. The third-order valence-corrected chi connectivity index (χ3v) is 8.81. The molecule has 0 amide bonds. The molecule has 1 heteroatoms. The second-order valence-electron chi connectivity index (χ2n) is 8.87. The molecule has 6 rings (SSSR count). The molecule has 0 aliphatic carbocycles. The molecule has 0 spiro atoms. The van der Waals surface area contributed by atoms with Crippen LogP contribution in [0.1, 0.15) is 16.7 Å². The topological polar surface area (TPSA) is 0 Å². The van der Waals surface area contributed by atoms with Crippen LogP contribution in [0.4, 0.5) is 0 Å². The normalized spacial score (nSPS) is 11.5. The number of hydrogen-bond acceptors (Lipinski definition) is 0. The van der Waals surface area contributed by atoms with Crippen LogP contribution in [-0.4, -0.2) is 15.0 Å². The Kier molecular flexibility index (Phi) is 6.39. The predicted octanol–water partition coefficient (Wildman–Crippen LogP) is 8.44. The first-order valence-corrected chi connectivity index (χ1v) is 14.2. The minimum absolute atomic E-state index is 0.253. The fourth-order valence-electron chi connectivity index (χ4n) is 4.49. The van der Waals surface area contributed by atoms with Gasteiger partial charge in [0.15, 0.2) is 0 Å². The summed E-state index contributed by atoms with van der Waals surface area (Å²) in [5.41, 5.74) is 3.69. The van der Waals surface area contributed by atoms with Gasteiger partial charge in [-0.15, -0.1) is 0 Å². The second kappa shape index (κ2) is 10.3. The van der Waals surface area contributed by atoms with Gasteiger partial charge in [0.1, 0.15) is 0 Å². The van der Waals surface area contributed by atoms with Crippen molar-refractivity contribution >= 4 is 51.7 Å². The Balaban J connectivity index is 1.33. The molecular weight excluding hydrogens is 499 g/mol. The summed E-state index contributed by atoms with van der Waals surface area (Å²) in [5, 5.41) is 8.64. The maximum atomic E-state index is 3.38. The number of hydrogen-bond donors (Lipinski definition) is 0. The van der Waals surface area contributed by atoms with Crippen LogP contribution in [0.3, 0.4) is 0 Å². The Hall–Kier alpha value is -4.08. The summed E-state index contributed by atoms with van der Waals surface area (Å²) in [5.74, 6) is 6.76. The maximum absolute atomic E-state index is 3.38. The molecule has 0 N–H and O–H groups in total. The number of benzene rings is 6. The van der Waals surface area contributed by atoms with Gasteiger partial charge < -0.3 is 0 Å². The van der Waals surface area contributed by atoms with Crippen molar-refractivity contribution in [2.75, 3.05) is 0 Å². The van der Waals surface area contributed by atoms with E-state index in [1.807, 2.05) is 0 Å². The molecule has 6 aromatic rings. The SMILES string of the molecule is C(#Cc1ccc2ccccc2c1)/C=C(\[Se]Cc1ccc2ccccc2c1)c1ccc2ccccc2c1. The van der Waals surface area contributed by atoms with E-state index in [4.69, 9.17) is 0 Å². The minimum atomic E-state index is 0.253. The van der Waals surface area contributed by atoms with E-state index >= 15 is 0 Å². The van der Waals surface area contributed by atoms with Crippen molar-refractivity contribution in [2.45, 2.75) is 5.32 Å². The van der Waals surface area contributed by atoms with Gasteiger partial charge in [0.05, 0.1) is 0 Å². The van der Waals surface area contributed by atoms with Gasteiger partial charge in [-0.1, -0.05) is 0 Å². The van der Waals surface area contributed by atoms with Gasteiger partial charge in [-0.3, -0.25) is 0 Å². The van der Waals surface area contributed by atoms with E-state index in [1.165, 1.54) is 47.9 Å². The zero-order valence-electron chi connectivity index (χ0n) is 19.8. The average molecular weight is 524 g/mol.